The molecule has 0 spiro atoms. The van der Waals surface area contributed by atoms with Gasteiger partial charge < -0.3 is 24.0 Å². The van der Waals surface area contributed by atoms with Gasteiger partial charge in [0.25, 0.3) is 0 Å². The Morgan fingerprint density at radius 3 is 2.83 bits per heavy atom. The molecule has 0 aromatic carbocycles. The number of hydrogen-bond donors (Lipinski definition) is 1. The number of nitrogens with zero attached hydrogens (tertiary/aromatic N) is 5. The van der Waals surface area contributed by atoms with E-state index in [1.165, 1.54) is 4.90 Å². The predicted molar refractivity (Wildman–Crippen MR) is 79.9 cm³/mol. The van der Waals surface area contributed by atoms with Crippen molar-refractivity contribution in [3.05, 3.63) is 23.4 Å². The van der Waals surface area contributed by atoms with Crippen LogP contribution in [0.2, 0.25) is 0 Å². The van der Waals surface area contributed by atoms with Crippen molar-refractivity contribution in [1.29, 1.82) is 0 Å². The van der Waals surface area contributed by atoms with Crippen LogP contribution < -0.4 is 5.32 Å². The fourth-order valence-corrected chi connectivity index (χ4v) is 2.05. The van der Waals surface area contributed by atoms with Crippen LogP contribution >= 0.6 is 0 Å². The molecule has 0 unspecified atom stereocenters. The standard InChI is InChI=1S/C14H20N6O4/c1-20(8-11-17-13(24-19-11)9-3-4-9)14(21)15-7-10-16-12(23-18-10)5-6-22-2/h9H,3-8H2,1-2H3,(H,15,21). The first-order valence-electron chi connectivity index (χ1n) is 7.77. The number of urea groups is 1. The van der Waals surface area contributed by atoms with Gasteiger partial charge in [-0.15, -0.1) is 0 Å². The summed E-state index contributed by atoms with van der Waals surface area (Å²) in [4.78, 5) is 22.0. The molecule has 3 rings (SSSR count). The maximum absolute atomic E-state index is 12.1. The van der Waals surface area contributed by atoms with Gasteiger partial charge in [0.1, 0.15) is 0 Å². The summed E-state index contributed by atoms with van der Waals surface area (Å²) in [6.07, 6.45) is 2.72. The molecule has 0 aliphatic heterocycles. The third-order valence-electron chi connectivity index (χ3n) is 3.56. The highest BCUT2D eigenvalue weighted by Gasteiger charge is 2.29. The molecule has 0 saturated heterocycles. The Labute approximate surface area is 138 Å². The lowest BCUT2D eigenvalue weighted by Crippen LogP contribution is -2.36. The molecule has 1 N–H and O–H groups in total. The fraction of sp³-hybridized carbons (Fsp3) is 0.643. The molecule has 0 radical (unpaired) electrons. The Morgan fingerprint density at radius 1 is 1.29 bits per heavy atom. The van der Waals surface area contributed by atoms with Crippen LogP contribution in [0.25, 0.3) is 0 Å². The third-order valence-corrected chi connectivity index (χ3v) is 3.56. The summed E-state index contributed by atoms with van der Waals surface area (Å²) in [7, 11) is 3.26. The van der Waals surface area contributed by atoms with Gasteiger partial charge in [0.15, 0.2) is 11.6 Å². The van der Waals surface area contributed by atoms with Gasteiger partial charge in [-0.05, 0) is 12.8 Å². The first kappa shape index (κ1) is 16.4. The van der Waals surface area contributed by atoms with Crippen molar-refractivity contribution in [2.45, 2.75) is 38.3 Å². The van der Waals surface area contributed by atoms with Crippen LogP contribution in [0.4, 0.5) is 4.79 Å². The van der Waals surface area contributed by atoms with Crippen molar-refractivity contribution >= 4 is 6.03 Å². The summed E-state index contributed by atoms with van der Waals surface area (Å²) < 4.78 is 15.2. The number of rotatable bonds is 8. The lowest BCUT2D eigenvalue weighted by molar-refractivity contribution is 0.192. The molecule has 2 aromatic heterocycles. The Kier molecular flexibility index (Phi) is 5.04. The Balaban J connectivity index is 1.44. The first-order chi connectivity index (χ1) is 11.7. The smallest absolute Gasteiger partial charge is 0.317 e. The number of nitrogens with one attached hydrogen (secondary N) is 1. The van der Waals surface area contributed by atoms with E-state index in [4.69, 9.17) is 13.8 Å². The quantitative estimate of drug-likeness (QED) is 0.754. The molecule has 2 heterocycles. The zero-order chi connectivity index (χ0) is 16.9. The van der Waals surface area contributed by atoms with E-state index in [2.05, 4.69) is 25.6 Å². The van der Waals surface area contributed by atoms with Crippen LogP contribution in [0.15, 0.2) is 9.05 Å². The molecule has 1 aliphatic carbocycles. The molecule has 0 bridgehead atoms. The highest BCUT2D eigenvalue weighted by atomic mass is 16.5. The van der Waals surface area contributed by atoms with Crippen LogP contribution in [-0.2, 0) is 24.2 Å². The Morgan fingerprint density at radius 2 is 2.08 bits per heavy atom. The zero-order valence-corrected chi connectivity index (χ0v) is 13.7. The van der Waals surface area contributed by atoms with Crippen LogP contribution in [0.1, 0.15) is 42.2 Å². The second-order valence-corrected chi connectivity index (χ2v) is 5.69. The largest absolute Gasteiger partial charge is 0.384 e. The number of amides is 2. The number of hydrogen-bond acceptors (Lipinski definition) is 8. The number of aromatic nitrogens is 4. The molecule has 1 saturated carbocycles. The van der Waals surface area contributed by atoms with Crippen molar-refractivity contribution in [3.63, 3.8) is 0 Å². The fourth-order valence-electron chi connectivity index (χ4n) is 2.05. The maximum Gasteiger partial charge on any atom is 0.317 e. The summed E-state index contributed by atoms with van der Waals surface area (Å²) in [6, 6.07) is -0.281. The predicted octanol–water partition coefficient (Wildman–Crippen LogP) is 0.860. The Bertz CT molecular complexity index is 680. The van der Waals surface area contributed by atoms with Crippen LogP contribution in [0.5, 0.6) is 0 Å². The van der Waals surface area contributed by atoms with Crippen molar-refractivity contribution in [2.75, 3.05) is 20.8 Å². The molecule has 130 valence electrons. The molecule has 10 nitrogen and oxygen atoms in total. The first-order valence-corrected chi connectivity index (χ1v) is 7.77. The molecule has 24 heavy (non-hydrogen) atoms. The van der Waals surface area contributed by atoms with E-state index in [0.29, 0.717) is 42.4 Å². The lowest BCUT2D eigenvalue weighted by Gasteiger charge is -2.14. The lowest BCUT2D eigenvalue weighted by atomic mass is 10.4. The van der Waals surface area contributed by atoms with Crippen molar-refractivity contribution < 1.29 is 18.6 Å². The summed E-state index contributed by atoms with van der Waals surface area (Å²) >= 11 is 0. The second-order valence-electron chi connectivity index (χ2n) is 5.69. The van der Waals surface area contributed by atoms with Gasteiger partial charge in [-0.25, -0.2) is 4.79 Å². The molecule has 1 aliphatic rings. The number of methoxy groups -OCH3 is 1. The van der Waals surface area contributed by atoms with Gasteiger partial charge >= 0.3 is 6.03 Å². The maximum atomic E-state index is 12.1. The van der Waals surface area contributed by atoms with E-state index in [9.17, 15) is 4.79 Å². The van der Waals surface area contributed by atoms with E-state index < -0.39 is 0 Å². The monoisotopic (exact) mass is 336 g/mol. The van der Waals surface area contributed by atoms with E-state index >= 15 is 0 Å². The minimum Gasteiger partial charge on any atom is -0.384 e. The number of carbonyl (C=O) groups excluding carboxylic acids is 1. The van der Waals surface area contributed by atoms with Crippen LogP contribution in [-0.4, -0.2) is 52.0 Å². The zero-order valence-electron chi connectivity index (χ0n) is 13.7. The molecule has 2 amide bonds. The summed E-state index contributed by atoms with van der Waals surface area (Å²) in [6.45, 7) is 0.955. The average Bonchev–Trinajstić information content (AvgIpc) is 3.16. The van der Waals surface area contributed by atoms with Crippen molar-refractivity contribution in [3.8, 4) is 0 Å². The Hall–Kier alpha value is -2.49. The van der Waals surface area contributed by atoms with Gasteiger partial charge in [0.2, 0.25) is 11.8 Å². The van der Waals surface area contributed by atoms with E-state index in [0.717, 1.165) is 12.8 Å². The third kappa shape index (κ3) is 4.28. The molecule has 0 atom stereocenters. The van der Waals surface area contributed by atoms with E-state index in [-0.39, 0.29) is 19.1 Å². The second kappa shape index (κ2) is 7.39. The van der Waals surface area contributed by atoms with Gasteiger partial charge in [-0.1, -0.05) is 10.3 Å². The average molecular weight is 336 g/mol. The molecule has 10 heteroatoms. The molecule has 2 aromatic rings. The summed E-state index contributed by atoms with van der Waals surface area (Å²) in [5.74, 6) is 2.45. The van der Waals surface area contributed by atoms with Gasteiger partial charge in [0, 0.05) is 20.1 Å². The van der Waals surface area contributed by atoms with E-state index in [1.807, 2.05) is 0 Å². The van der Waals surface area contributed by atoms with E-state index in [1.54, 1.807) is 14.2 Å². The highest BCUT2D eigenvalue weighted by molar-refractivity contribution is 5.73. The molecular weight excluding hydrogens is 316 g/mol. The van der Waals surface area contributed by atoms with Gasteiger partial charge in [0.05, 0.1) is 26.1 Å². The summed E-state index contributed by atoms with van der Waals surface area (Å²) in [5, 5.41) is 10.4. The SMILES string of the molecule is COCCc1nc(CNC(=O)N(C)Cc2noc(C3CC3)n2)no1. The topological polar surface area (TPSA) is 119 Å². The van der Waals surface area contributed by atoms with Crippen LogP contribution in [0.3, 0.4) is 0 Å². The van der Waals surface area contributed by atoms with Gasteiger partial charge in [-0.2, -0.15) is 9.97 Å². The van der Waals surface area contributed by atoms with Crippen molar-refractivity contribution in [2.24, 2.45) is 0 Å². The van der Waals surface area contributed by atoms with Crippen LogP contribution in [0, 0.1) is 0 Å². The molecular formula is C14H20N6O4. The minimum absolute atomic E-state index is 0.180. The molecule has 1 fully saturated rings. The van der Waals surface area contributed by atoms with Crippen molar-refractivity contribution in [1.82, 2.24) is 30.5 Å². The van der Waals surface area contributed by atoms with Gasteiger partial charge in [-0.3, -0.25) is 0 Å². The minimum atomic E-state index is -0.281. The number of ether oxygens (including phenoxy) is 1. The normalized spacial score (nSPS) is 13.9. The highest BCUT2D eigenvalue weighted by Crippen LogP contribution is 2.38. The summed E-state index contributed by atoms with van der Waals surface area (Å²) in [5.41, 5.74) is 0. The number of carbonyl (C=O) groups is 1.